The first-order valence-corrected chi connectivity index (χ1v) is 6.77. The number of benzene rings is 1. The minimum Gasteiger partial charge on any atom is -0.388 e. The number of hydrogen-bond donors (Lipinski definition) is 1. The van der Waals surface area contributed by atoms with Crippen LogP contribution in [-0.4, -0.2) is 10.1 Å². The van der Waals surface area contributed by atoms with Crippen molar-refractivity contribution in [3.05, 3.63) is 62.8 Å². The summed E-state index contributed by atoms with van der Waals surface area (Å²) in [5.41, 5.74) is 2.88. The van der Waals surface area contributed by atoms with E-state index in [2.05, 4.69) is 20.9 Å². The Hall–Kier alpha value is -0.900. The van der Waals surface area contributed by atoms with E-state index >= 15 is 0 Å². The van der Waals surface area contributed by atoms with Gasteiger partial charge in [-0.2, -0.15) is 0 Å². The Labute approximate surface area is 120 Å². The number of aliphatic hydroxyl groups is 1. The molecule has 4 heteroatoms. The molecule has 0 aliphatic rings. The van der Waals surface area contributed by atoms with E-state index in [1.807, 2.05) is 31.2 Å². The van der Waals surface area contributed by atoms with Crippen LogP contribution in [0.2, 0.25) is 5.02 Å². The fourth-order valence-corrected chi connectivity index (χ4v) is 2.57. The van der Waals surface area contributed by atoms with Crippen LogP contribution in [0.15, 0.2) is 41.1 Å². The van der Waals surface area contributed by atoms with E-state index < -0.39 is 6.10 Å². The lowest BCUT2D eigenvalue weighted by Gasteiger charge is -2.14. The maximum absolute atomic E-state index is 10.3. The van der Waals surface area contributed by atoms with Gasteiger partial charge in [0.15, 0.2) is 0 Å². The number of aryl methyl sites for hydroxylation is 1. The van der Waals surface area contributed by atoms with Gasteiger partial charge >= 0.3 is 0 Å². The summed E-state index contributed by atoms with van der Waals surface area (Å²) in [6.45, 7) is 1.98. The van der Waals surface area contributed by atoms with Gasteiger partial charge in [-0.1, -0.05) is 33.6 Å². The first kappa shape index (κ1) is 13.5. The van der Waals surface area contributed by atoms with Crippen molar-refractivity contribution in [3.63, 3.8) is 0 Å². The van der Waals surface area contributed by atoms with E-state index in [1.165, 1.54) is 0 Å². The molecule has 1 atom stereocenters. The van der Waals surface area contributed by atoms with Gasteiger partial charge in [0, 0.05) is 23.3 Å². The number of hydrogen-bond acceptors (Lipinski definition) is 2. The van der Waals surface area contributed by atoms with E-state index in [4.69, 9.17) is 11.6 Å². The van der Waals surface area contributed by atoms with Gasteiger partial charge in [-0.25, -0.2) is 0 Å². The van der Waals surface area contributed by atoms with E-state index in [-0.39, 0.29) is 0 Å². The Morgan fingerprint density at radius 2 is 2.17 bits per heavy atom. The van der Waals surface area contributed by atoms with Crippen LogP contribution < -0.4 is 0 Å². The smallest absolute Gasteiger partial charge is 0.0833 e. The van der Waals surface area contributed by atoms with Crippen LogP contribution in [0.25, 0.3) is 0 Å². The molecule has 0 saturated heterocycles. The minimum absolute atomic E-state index is 0.490. The third-order valence-electron chi connectivity index (χ3n) is 2.86. The fourth-order valence-electron chi connectivity index (χ4n) is 1.90. The lowest BCUT2D eigenvalue weighted by atomic mass is 9.98. The molecule has 0 bridgehead atoms. The molecule has 0 spiro atoms. The second-order valence-electron chi connectivity index (χ2n) is 4.19. The number of pyridine rings is 1. The minimum atomic E-state index is -0.557. The van der Waals surface area contributed by atoms with Gasteiger partial charge in [0.05, 0.1) is 11.1 Å². The highest BCUT2D eigenvalue weighted by Gasteiger charge is 2.13. The zero-order valence-electron chi connectivity index (χ0n) is 9.90. The highest BCUT2D eigenvalue weighted by atomic mass is 79.9. The quantitative estimate of drug-likeness (QED) is 0.922. The summed E-state index contributed by atoms with van der Waals surface area (Å²) in [6.07, 6.45) is 3.21. The lowest BCUT2D eigenvalue weighted by molar-refractivity contribution is 0.177. The molecule has 1 aromatic carbocycles. The summed E-state index contributed by atoms with van der Waals surface area (Å²) in [5.74, 6) is 0. The average molecular weight is 327 g/mol. The van der Waals surface area contributed by atoms with E-state index in [0.29, 0.717) is 11.4 Å². The van der Waals surface area contributed by atoms with Gasteiger partial charge in [-0.05, 0) is 41.8 Å². The van der Waals surface area contributed by atoms with E-state index in [1.54, 1.807) is 12.4 Å². The Morgan fingerprint density at radius 1 is 1.39 bits per heavy atom. The van der Waals surface area contributed by atoms with Gasteiger partial charge in [-0.3, -0.25) is 4.98 Å². The van der Waals surface area contributed by atoms with E-state index in [0.717, 1.165) is 21.2 Å². The fraction of sp³-hybridized carbons (Fsp3) is 0.214. The summed E-state index contributed by atoms with van der Waals surface area (Å²) in [5, 5.41) is 10.9. The molecule has 0 aliphatic heterocycles. The lowest BCUT2D eigenvalue weighted by Crippen LogP contribution is -2.04. The molecule has 94 valence electrons. The maximum Gasteiger partial charge on any atom is 0.0833 e. The van der Waals surface area contributed by atoms with Gasteiger partial charge in [-0.15, -0.1) is 0 Å². The van der Waals surface area contributed by atoms with Crippen LogP contribution in [0.3, 0.4) is 0 Å². The molecular weight excluding hydrogens is 314 g/mol. The molecule has 1 aromatic heterocycles. The molecule has 2 nitrogen and oxygen atoms in total. The molecule has 0 fully saturated rings. The first-order chi connectivity index (χ1) is 8.58. The predicted molar refractivity (Wildman–Crippen MR) is 76.8 cm³/mol. The van der Waals surface area contributed by atoms with Crippen molar-refractivity contribution in [2.75, 3.05) is 0 Å². The first-order valence-electron chi connectivity index (χ1n) is 5.60. The Bertz CT molecular complexity index is 559. The van der Waals surface area contributed by atoms with Gasteiger partial charge in [0.25, 0.3) is 0 Å². The Balaban J connectivity index is 2.22. The summed E-state index contributed by atoms with van der Waals surface area (Å²) < 4.78 is 1.01. The number of aliphatic hydroxyl groups excluding tert-OH is 1. The highest BCUT2D eigenvalue weighted by molar-refractivity contribution is 9.10. The van der Waals surface area contributed by atoms with Gasteiger partial charge in [0.2, 0.25) is 0 Å². The SMILES string of the molecule is Cc1cc(Br)ccc1C(O)Cc1ccncc1Cl. The summed E-state index contributed by atoms with van der Waals surface area (Å²) in [4.78, 5) is 3.93. The van der Waals surface area contributed by atoms with Crippen LogP contribution >= 0.6 is 27.5 Å². The highest BCUT2D eigenvalue weighted by Crippen LogP contribution is 2.26. The molecule has 1 N–H and O–H groups in total. The molecule has 1 unspecified atom stereocenters. The molecule has 2 aromatic rings. The van der Waals surface area contributed by atoms with Crippen molar-refractivity contribution in [1.29, 1.82) is 0 Å². The van der Waals surface area contributed by atoms with Crippen LogP contribution in [0.5, 0.6) is 0 Å². The normalized spacial score (nSPS) is 12.4. The Kier molecular flexibility index (Phi) is 4.38. The van der Waals surface area contributed by atoms with Crippen molar-refractivity contribution in [3.8, 4) is 0 Å². The molecular formula is C14H13BrClNO. The molecule has 0 amide bonds. The largest absolute Gasteiger partial charge is 0.388 e. The third-order valence-corrected chi connectivity index (χ3v) is 3.69. The van der Waals surface area contributed by atoms with Crippen LogP contribution in [0.4, 0.5) is 0 Å². The second-order valence-corrected chi connectivity index (χ2v) is 5.51. The predicted octanol–water partition coefficient (Wildman–Crippen LogP) is 4.08. The molecule has 0 saturated carbocycles. The molecule has 1 heterocycles. The summed E-state index contributed by atoms with van der Waals surface area (Å²) in [7, 11) is 0. The zero-order valence-corrected chi connectivity index (χ0v) is 12.2. The second kappa shape index (κ2) is 5.83. The standard InChI is InChI=1S/C14H13BrClNO/c1-9-6-11(15)2-3-12(9)14(18)7-10-4-5-17-8-13(10)16/h2-6,8,14,18H,7H2,1H3. The van der Waals surface area contributed by atoms with E-state index in [9.17, 15) is 5.11 Å². The molecule has 18 heavy (non-hydrogen) atoms. The summed E-state index contributed by atoms with van der Waals surface area (Å²) >= 11 is 9.45. The van der Waals surface area contributed by atoms with Gasteiger partial charge in [0.1, 0.15) is 0 Å². The average Bonchev–Trinajstić information content (AvgIpc) is 2.32. The topological polar surface area (TPSA) is 33.1 Å². The van der Waals surface area contributed by atoms with Crippen molar-refractivity contribution in [2.45, 2.75) is 19.4 Å². The maximum atomic E-state index is 10.3. The monoisotopic (exact) mass is 325 g/mol. The Morgan fingerprint density at radius 3 is 2.83 bits per heavy atom. The zero-order chi connectivity index (χ0) is 13.1. The van der Waals surface area contributed by atoms with Gasteiger partial charge < -0.3 is 5.11 Å². The third kappa shape index (κ3) is 3.10. The molecule has 0 aliphatic carbocycles. The number of halogens is 2. The number of rotatable bonds is 3. The number of aromatic nitrogens is 1. The number of nitrogens with zero attached hydrogens (tertiary/aromatic N) is 1. The van der Waals surface area contributed by atoms with Crippen LogP contribution in [0.1, 0.15) is 22.8 Å². The van der Waals surface area contributed by atoms with Crippen molar-refractivity contribution < 1.29 is 5.11 Å². The summed E-state index contributed by atoms with van der Waals surface area (Å²) in [6, 6.07) is 7.69. The van der Waals surface area contributed by atoms with Crippen molar-refractivity contribution in [2.24, 2.45) is 0 Å². The van der Waals surface area contributed by atoms with Crippen molar-refractivity contribution in [1.82, 2.24) is 4.98 Å². The van der Waals surface area contributed by atoms with Crippen LogP contribution in [0, 0.1) is 6.92 Å². The van der Waals surface area contributed by atoms with Crippen molar-refractivity contribution >= 4 is 27.5 Å². The van der Waals surface area contributed by atoms with Crippen LogP contribution in [-0.2, 0) is 6.42 Å². The molecule has 2 rings (SSSR count). The molecule has 0 radical (unpaired) electrons.